The lowest BCUT2D eigenvalue weighted by Crippen LogP contribution is -2.58. The molecule has 1 aromatic carbocycles. The highest BCUT2D eigenvalue weighted by Gasteiger charge is 2.41. The summed E-state index contributed by atoms with van der Waals surface area (Å²) in [5, 5.41) is 3.40. The van der Waals surface area contributed by atoms with E-state index in [4.69, 9.17) is 14.5 Å². The number of nitrogens with one attached hydrogen (secondary N) is 1. The molecule has 11 nitrogen and oxygen atoms in total. The first kappa shape index (κ1) is 35.1. The molecule has 0 unspecified atom stereocenters. The molecule has 11 heteroatoms. The maximum Gasteiger partial charge on any atom is 0.410 e. The molecule has 4 rings (SSSR count). The maximum absolute atomic E-state index is 14.6. The minimum atomic E-state index is -0.702. The number of benzene rings is 1. The second-order valence-corrected chi connectivity index (χ2v) is 14.8. The standard InChI is InChI=1S/C35H52N6O5/c1-24(2)21-41(31(43)28-20-37-32(34(3,4)5)38-29(28)36-19-25-12-10-9-11-13-25)27-18-26(30(42)39-14-16-45-17-15-39)22-40(23-27)33(44)46-35(6,7)8/h9-13,20,24,26-27H,14-19,21-23H2,1-8H3,(H,36,37,38)/t26-,27+/m1/s1. The van der Waals surface area contributed by atoms with Crippen LogP contribution in [0.3, 0.4) is 0 Å². The largest absolute Gasteiger partial charge is 0.444 e. The maximum atomic E-state index is 14.6. The monoisotopic (exact) mass is 636 g/mol. The minimum Gasteiger partial charge on any atom is -0.444 e. The van der Waals surface area contributed by atoms with Crippen molar-refractivity contribution >= 4 is 23.7 Å². The van der Waals surface area contributed by atoms with Crippen molar-refractivity contribution in [3.8, 4) is 0 Å². The fraction of sp³-hybridized carbons (Fsp3) is 0.629. The van der Waals surface area contributed by atoms with E-state index in [0.717, 1.165) is 5.56 Å². The van der Waals surface area contributed by atoms with E-state index in [-0.39, 0.29) is 36.2 Å². The molecular weight excluding hydrogens is 584 g/mol. The van der Waals surface area contributed by atoms with E-state index in [1.54, 1.807) is 11.1 Å². The van der Waals surface area contributed by atoms with Crippen LogP contribution in [0.1, 0.15) is 83.6 Å². The van der Waals surface area contributed by atoms with Crippen LogP contribution in [0.2, 0.25) is 0 Å². The van der Waals surface area contributed by atoms with Crippen LogP contribution in [0.15, 0.2) is 36.5 Å². The number of aromatic nitrogens is 2. The minimum absolute atomic E-state index is 0.0263. The average Bonchev–Trinajstić information content (AvgIpc) is 3.01. The number of amides is 3. The summed E-state index contributed by atoms with van der Waals surface area (Å²) in [4.78, 5) is 56.5. The van der Waals surface area contributed by atoms with Gasteiger partial charge in [-0.1, -0.05) is 65.0 Å². The third-order valence-corrected chi connectivity index (χ3v) is 8.01. The first-order valence-electron chi connectivity index (χ1n) is 16.4. The summed E-state index contributed by atoms with van der Waals surface area (Å²) in [5.41, 5.74) is 0.384. The average molecular weight is 637 g/mol. The van der Waals surface area contributed by atoms with E-state index >= 15 is 0 Å². The Bertz CT molecular complexity index is 1350. The summed E-state index contributed by atoms with van der Waals surface area (Å²) in [6.07, 6.45) is 1.56. The van der Waals surface area contributed by atoms with Gasteiger partial charge in [0, 0.05) is 50.9 Å². The number of piperidine rings is 1. The lowest BCUT2D eigenvalue weighted by molar-refractivity contribution is -0.142. The van der Waals surface area contributed by atoms with Gasteiger partial charge in [0.2, 0.25) is 5.91 Å². The molecule has 0 radical (unpaired) electrons. The van der Waals surface area contributed by atoms with Crippen LogP contribution in [-0.2, 0) is 26.2 Å². The van der Waals surface area contributed by atoms with Gasteiger partial charge in [-0.25, -0.2) is 14.8 Å². The van der Waals surface area contributed by atoms with E-state index < -0.39 is 23.7 Å². The predicted molar refractivity (Wildman–Crippen MR) is 177 cm³/mol. The van der Waals surface area contributed by atoms with Crippen molar-refractivity contribution < 1.29 is 23.9 Å². The summed E-state index contributed by atoms with van der Waals surface area (Å²) in [6, 6.07) is 9.53. The molecule has 2 aromatic rings. The molecule has 0 spiro atoms. The van der Waals surface area contributed by atoms with Gasteiger partial charge in [0.25, 0.3) is 5.91 Å². The summed E-state index contributed by atoms with van der Waals surface area (Å²) in [5.74, 6) is 0.468. The molecule has 0 bridgehead atoms. The van der Waals surface area contributed by atoms with Gasteiger partial charge in [-0.2, -0.15) is 0 Å². The van der Waals surface area contributed by atoms with Crippen LogP contribution < -0.4 is 5.32 Å². The Balaban J connectivity index is 1.69. The molecule has 1 aromatic heterocycles. The number of carbonyl (C=O) groups is 3. The normalized spacial score (nSPS) is 19.2. The molecule has 3 heterocycles. The number of morpholine rings is 1. The topological polar surface area (TPSA) is 117 Å². The van der Waals surface area contributed by atoms with Gasteiger partial charge in [0.05, 0.1) is 25.2 Å². The lowest BCUT2D eigenvalue weighted by Gasteiger charge is -2.44. The summed E-state index contributed by atoms with van der Waals surface area (Å²) >= 11 is 0. The highest BCUT2D eigenvalue weighted by molar-refractivity contribution is 5.98. The van der Waals surface area contributed by atoms with Crippen molar-refractivity contribution in [2.24, 2.45) is 11.8 Å². The molecule has 252 valence electrons. The van der Waals surface area contributed by atoms with Crippen molar-refractivity contribution in [3.05, 3.63) is 53.5 Å². The Morgan fingerprint density at radius 2 is 1.70 bits per heavy atom. The van der Waals surface area contributed by atoms with Crippen LogP contribution in [0.4, 0.5) is 10.6 Å². The Labute approximate surface area is 274 Å². The van der Waals surface area contributed by atoms with Gasteiger partial charge in [0.1, 0.15) is 22.8 Å². The van der Waals surface area contributed by atoms with Gasteiger partial charge >= 0.3 is 6.09 Å². The van der Waals surface area contributed by atoms with Crippen LogP contribution in [0.5, 0.6) is 0 Å². The molecule has 3 amide bonds. The molecule has 46 heavy (non-hydrogen) atoms. The van der Waals surface area contributed by atoms with Crippen LogP contribution in [-0.4, -0.2) is 100 Å². The quantitative estimate of drug-likeness (QED) is 0.432. The summed E-state index contributed by atoms with van der Waals surface area (Å²) < 4.78 is 11.2. The second-order valence-electron chi connectivity index (χ2n) is 14.8. The zero-order chi connectivity index (χ0) is 33.6. The lowest BCUT2D eigenvalue weighted by atomic mass is 9.91. The smallest absolute Gasteiger partial charge is 0.410 e. The van der Waals surface area contributed by atoms with Crippen molar-refractivity contribution in [1.82, 2.24) is 24.7 Å². The van der Waals surface area contributed by atoms with Crippen molar-refractivity contribution in [3.63, 3.8) is 0 Å². The molecular formula is C35H52N6O5. The number of hydrogen-bond acceptors (Lipinski definition) is 8. The van der Waals surface area contributed by atoms with Gasteiger partial charge in [-0.05, 0) is 38.7 Å². The number of anilines is 1. The van der Waals surface area contributed by atoms with E-state index in [1.165, 1.54) is 0 Å². The summed E-state index contributed by atoms with van der Waals surface area (Å²) in [6.45, 7) is 19.1. The molecule has 2 aliphatic rings. The third kappa shape index (κ3) is 9.40. The summed E-state index contributed by atoms with van der Waals surface area (Å²) in [7, 11) is 0. The van der Waals surface area contributed by atoms with Crippen LogP contribution >= 0.6 is 0 Å². The zero-order valence-corrected chi connectivity index (χ0v) is 28.8. The van der Waals surface area contributed by atoms with Crippen LogP contribution in [0, 0.1) is 11.8 Å². The third-order valence-electron chi connectivity index (χ3n) is 8.01. The van der Waals surface area contributed by atoms with Crippen LogP contribution in [0.25, 0.3) is 0 Å². The van der Waals surface area contributed by atoms with E-state index in [9.17, 15) is 14.4 Å². The number of nitrogens with zero attached hydrogens (tertiary/aromatic N) is 5. The highest BCUT2D eigenvalue weighted by Crippen LogP contribution is 2.29. The second kappa shape index (κ2) is 14.8. The van der Waals surface area contributed by atoms with Crippen molar-refractivity contribution in [2.75, 3.05) is 51.3 Å². The number of hydrogen-bond donors (Lipinski definition) is 1. The first-order valence-corrected chi connectivity index (χ1v) is 16.4. The Morgan fingerprint density at radius 3 is 2.30 bits per heavy atom. The van der Waals surface area contributed by atoms with E-state index in [1.807, 2.05) is 81.7 Å². The fourth-order valence-electron chi connectivity index (χ4n) is 5.76. The van der Waals surface area contributed by atoms with Crippen molar-refractivity contribution in [1.29, 1.82) is 0 Å². The SMILES string of the molecule is CC(C)CN(C(=O)c1cnc(C(C)(C)C)nc1NCc1ccccc1)[C@H]1C[C@@H](C(=O)N2CCOCC2)CN(C(=O)OC(C)(C)C)C1. The molecule has 2 atom stereocenters. The van der Waals surface area contributed by atoms with Gasteiger partial charge in [-0.15, -0.1) is 0 Å². The number of carbonyl (C=O) groups excluding carboxylic acids is 3. The molecule has 1 N–H and O–H groups in total. The number of ether oxygens (including phenoxy) is 2. The zero-order valence-electron chi connectivity index (χ0n) is 28.8. The molecule has 2 saturated heterocycles. The van der Waals surface area contributed by atoms with Gasteiger partial charge in [-0.3, -0.25) is 9.59 Å². The molecule has 0 aliphatic carbocycles. The van der Waals surface area contributed by atoms with Gasteiger partial charge in [0.15, 0.2) is 0 Å². The first-order chi connectivity index (χ1) is 21.6. The Morgan fingerprint density at radius 1 is 1.02 bits per heavy atom. The van der Waals surface area contributed by atoms with E-state index in [2.05, 4.69) is 24.1 Å². The fourth-order valence-corrected chi connectivity index (χ4v) is 5.76. The number of rotatable bonds is 8. The van der Waals surface area contributed by atoms with Crippen molar-refractivity contribution in [2.45, 2.75) is 85.4 Å². The number of likely N-dealkylation sites (tertiary alicyclic amines) is 1. The predicted octanol–water partition coefficient (Wildman–Crippen LogP) is 4.97. The Hall–Kier alpha value is -3.73. The molecule has 2 aliphatic heterocycles. The Kier molecular flexibility index (Phi) is 11.3. The molecule has 2 fully saturated rings. The highest BCUT2D eigenvalue weighted by atomic mass is 16.6. The van der Waals surface area contributed by atoms with E-state index in [0.29, 0.717) is 63.0 Å². The molecule has 0 saturated carbocycles. The van der Waals surface area contributed by atoms with Gasteiger partial charge < -0.3 is 29.5 Å².